The van der Waals surface area contributed by atoms with Crippen LogP contribution in [0, 0.1) is 6.92 Å². The average molecular weight is 423 g/mol. The van der Waals surface area contributed by atoms with Crippen molar-refractivity contribution in [3.8, 4) is 0 Å². The number of thiophene rings is 1. The molecule has 4 nitrogen and oxygen atoms in total. The van der Waals surface area contributed by atoms with E-state index >= 15 is 0 Å². The molecule has 2 aromatic rings. The Bertz CT molecular complexity index is 906. The first-order chi connectivity index (χ1) is 12.0. The van der Waals surface area contributed by atoms with Crippen LogP contribution in [0.1, 0.15) is 32.1 Å². The lowest BCUT2D eigenvalue weighted by Gasteiger charge is -2.29. The number of rotatable bonds is 3. The minimum atomic E-state index is -4.77. The molecule has 1 atom stereocenters. The number of alkyl halides is 3. The molecule has 0 fully saturated rings. The van der Waals surface area contributed by atoms with Crippen molar-refractivity contribution in [3.63, 3.8) is 0 Å². The molecule has 1 aliphatic rings. The first kappa shape index (κ1) is 19.0. The summed E-state index contributed by atoms with van der Waals surface area (Å²) >= 11 is 12.8. The number of carbonyl (C=O) groups excluding carboxylic acids is 1. The van der Waals surface area contributed by atoms with Crippen LogP contribution in [0.5, 0.6) is 0 Å². The molecule has 1 aliphatic heterocycles. The van der Waals surface area contributed by atoms with E-state index in [1.807, 2.05) is 0 Å². The second-order valence-electron chi connectivity index (χ2n) is 5.73. The fraction of sp³-hybridized carbons (Fsp3) is 0.250. The summed E-state index contributed by atoms with van der Waals surface area (Å²) in [6.45, 7) is 1.65. The maximum absolute atomic E-state index is 13.9. The fourth-order valence-corrected chi connectivity index (χ4v) is 4.22. The van der Waals surface area contributed by atoms with Crippen LogP contribution in [-0.4, -0.2) is 17.8 Å². The van der Waals surface area contributed by atoms with Gasteiger partial charge in [-0.3, -0.25) is 4.79 Å². The zero-order valence-electron chi connectivity index (χ0n) is 13.2. The van der Waals surface area contributed by atoms with Crippen molar-refractivity contribution in [2.75, 3.05) is 0 Å². The SMILES string of the molecule is Cc1sc(C2=NOC(c3cc(Cl)cc(Cl)c3)(C(F)(F)F)C2)cc1C(N)=O. The summed E-state index contributed by atoms with van der Waals surface area (Å²) in [6, 6.07) is 5.04. The summed E-state index contributed by atoms with van der Waals surface area (Å²) < 4.78 is 41.7. The lowest BCUT2D eigenvalue weighted by atomic mass is 9.88. The number of nitrogens with zero attached hydrogens (tertiary/aromatic N) is 1. The Balaban J connectivity index is 2.04. The number of amides is 1. The maximum atomic E-state index is 13.9. The zero-order chi connectivity index (χ0) is 19.3. The molecule has 1 unspecified atom stereocenters. The standard InChI is InChI=1S/C16H11Cl2F3N2O2S/c1-7-11(14(22)24)5-13(26-7)12-6-15(25-23-12,16(19,20)21)8-2-9(17)4-10(18)3-8/h2-5H,6H2,1H3,(H2,22,24). The number of aryl methyl sites for hydroxylation is 1. The summed E-state index contributed by atoms with van der Waals surface area (Å²) in [5.74, 6) is -0.659. The van der Waals surface area contributed by atoms with Gasteiger partial charge >= 0.3 is 6.18 Å². The third-order valence-electron chi connectivity index (χ3n) is 3.98. The molecule has 3 rings (SSSR count). The van der Waals surface area contributed by atoms with Gasteiger partial charge in [0, 0.05) is 20.5 Å². The molecule has 0 bridgehead atoms. The molecular weight excluding hydrogens is 412 g/mol. The molecule has 1 amide bonds. The molecule has 2 N–H and O–H groups in total. The van der Waals surface area contributed by atoms with E-state index in [2.05, 4.69) is 5.16 Å². The molecule has 0 aliphatic carbocycles. The number of nitrogens with two attached hydrogens (primary N) is 1. The second-order valence-corrected chi connectivity index (χ2v) is 7.86. The fourth-order valence-electron chi connectivity index (χ4n) is 2.69. The first-order valence-electron chi connectivity index (χ1n) is 7.22. The number of primary amides is 1. The summed E-state index contributed by atoms with van der Waals surface area (Å²) in [7, 11) is 0. The van der Waals surface area contributed by atoms with E-state index < -0.39 is 24.1 Å². The van der Waals surface area contributed by atoms with Gasteiger partial charge in [0.05, 0.1) is 16.9 Å². The van der Waals surface area contributed by atoms with E-state index in [1.54, 1.807) is 6.92 Å². The summed E-state index contributed by atoms with van der Waals surface area (Å²) in [4.78, 5) is 17.3. The predicted octanol–water partition coefficient (Wildman–Crippen LogP) is 5.04. The Morgan fingerprint density at radius 1 is 1.27 bits per heavy atom. The van der Waals surface area contributed by atoms with Crippen LogP contribution in [0.3, 0.4) is 0 Å². The van der Waals surface area contributed by atoms with Gasteiger partial charge in [0.15, 0.2) is 0 Å². The highest BCUT2D eigenvalue weighted by Gasteiger charge is 2.62. The normalized spacial score (nSPS) is 20.0. The van der Waals surface area contributed by atoms with Crippen LogP contribution in [0.2, 0.25) is 10.0 Å². The van der Waals surface area contributed by atoms with E-state index in [9.17, 15) is 18.0 Å². The molecule has 1 aromatic carbocycles. The van der Waals surface area contributed by atoms with Crippen molar-refractivity contribution in [1.29, 1.82) is 0 Å². The van der Waals surface area contributed by atoms with Crippen LogP contribution in [0.15, 0.2) is 29.4 Å². The number of benzene rings is 1. The largest absolute Gasteiger partial charge is 0.435 e. The third kappa shape index (κ3) is 3.17. The van der Waals surface area contributed by atoms with Gasteiger partial charge in [0.2, 0.25) is 5.91 Å². The second kappa shape index (κ2) is 6.44. The molecule has 0 spiro atoms. The number of halogens is 5. The Hall–Kier alpha value is -1.77. The molecule has 0 radical (unpaired) electrons. The van der Waals surface area contributed by atoms with E-state index in [1.165, 1.54) is 12.1 Å². The van der Waals surface area contributed by atoms with Crippen LogP contribution >= 0.6 is 34.5 Å². The van der Waals surface area contributed by atoms with Crippen molar-refractivity contribution in [2.24, 2.45) is 10.9 Å². The van der Waals surface area contributed by atoms with Crippen molar-refractivity contribution in [1.82, 2.24) is 0 Å². The van der Waals surface area contributed by atoms with Crippen LogP contribution in [-0.2, 0) is 10.4 Å². The number of hydrogen-bond acceptors (Lipinski definition) is 4. The molecule has 26 heavy (non-hydrogen) atoms. The summed E-state index contributed by atoms with van der Waals surface area (Å²) in [5, 5.41) is 3.75. The molecule has 10 heteroatoms. The lowest BCUT2D eigenvalue weighted by Crippen LogP contribution is -2.42. The molecular formula is C16H11Cl2F3N2O2S. The van der Waals surface area contributed by atoms with Gasteiger partial charge in [0.1, 0.15) is 5.71 Å². The van der Waals surface area contributed by atoms with E-state index in [4.69, 9.17) is 33.8 Å². The number of carbonyl (C=O) groups is 1. The highest BCUT2D eigenvalue weighted by molar-refractivity contribution is 7.14. The quantitative estimate of drug-likeness (QED) is 0.752. The number of oxime groups is 1. The Morgan fingerprint density at radius 3 is 2.38 bits per heavy atom. The van der Waals surface area contributed by atoms with Gasteiger partial charge < -0.3 is 10.6 Å². The van der Waals surface area contributed by atoms with Crippen LogP contribution < -0.4 is 5.73 Å². The van der Waals surface area contributed by atoms with Crippen molar-refractivity contribution >= 4 is 46.2 Å². The van der Waals surface area contributed by atoms with Crippen LogP contribution in [0.25, 0.3) is 0 Å². The smallest absolute Gasteiger partial charge is 0.374 e. The van der Waals surface area contributed by atoms with Crippen molar-refractivity contribution in [2.45, 2.75) is 25.1 Å². The molecule has 0 saturated carbocycles. The zero-order valence-corrected chi connectivity index (χ0v) is 15.5. The average Bonchev–Trinajstić information content (AvgIpc) is 3.10. The van der Waals surface area contributed by atoms with Gasteiger partial charge in [-0.2, -0.15) is 13.2 Å². The highest BCUT2D eigenvalue weighted by Crippen LogP contribution is 2.50. The van der Waals surface area contributed by atoms with Gasteiger partial charge in [-0.1, -0.05) is 28.4 Å². The Kier molecular flexibility index (Phi) is 4.71. The first-order valence-corrected chi connectivity index (χ1v) is 8.80. The van der Waals surface area contributed by atoms with Gasteiger partial charge in [0.25, 0.3) is 5.60 Å². The molecule has 2 heterocycles. The molecule has 138 valence electrons. The number of hydrogen-bond donors (Lipinski definition) is 1. The van der Waals surface area contributed by atoms with Gasteiger partial charge in [-0.05, 0) is 31.2 Å². The predicted molar refractivity (Wildman–Crippen MR) is 94.0 cm³/mol. The van der Waals surface area contributed by atoms with E-state index in [-0.39, 0.29) is 26.9 Å². The monoisotopic (exact) mass is 422 g/mol. The summed E-state index contributed by atoms with van der Waals surface area (Å²) in [6.07, 6.45) is -5.35. The Morgan fingerprint density at radius 2 is 1.88 bits per heavy atom. The molecule has 1 aromatic heterocycles. The van der Waals surface area contributed by atoms with Gasteiger partial charge in [-0.15, -0.1) is 11.3 Å². The Labute approximate surface area is 160 Å². The minimum Gasteiger partial charge on any atom is -0.374 e. The summed E-state index contributed by atoms with van der Waals surface area (Å²) in [5.41, 5.74) is 2.62. The van der Waals surface area contributed by atoms with Crippen LogP contribution in [0.4, 0.5) is 13.2 Å². The van der Waals surface area contributed by atoms with Crippen molar-refractivity contribution < 1.29 is 22.8 Å². The highest BCUT2D eigenvalue weighted by atomic mass is 35.5. The topological polar surface area (TPSA) is 64.7 Å². The van der Waals surface area contributed by atoms with E-state index in [0.717, 1.165) is 23.5 Å². The third-order valence-corrected chi connectivity index (χ3v) is 5.52. The molecule has 0 saturated heterocycles. The maximum Gasteiger partial charge on any atom is 0.435 e. The van der Waals surface area contributed by atoms with Gasteiger partial charge in [-0.25, -0.2) is 0 Å². The minimum absolute atomic E-state index is 0.0520. The lowest BCUT2D eigenvalue weighted by molar-refractivity contribution is -0.275. The van der Waals surface area contributed by atoms with E-state index in [0.29, 0.717) is 9.75 Å². The van der Waals surface area contributed by atoms with Crippen molar-refractivity contribution in [3.05, 3.63) is 55.2 Å².